The van der Waals surface area contributed by atoms with E-state index in [1.54, 1.807) is 0 Å². The van der Waals surface area contributed by atoms with Crippen LogP contribution in [0.3, 0.4) is 0 Å². The van der Waals surface area contributed by atoms with Crippen molar-refractivity contribution in [3.8, 4) is 0 Å². The molecule has 0 fully saturated rings. The molecule has 0 saturated heterocycles. The Balaban J connectivity index is 0. The number of rotatable bonds is 12. The van der Waals surface area contributed by atoms with Crippen LogP contribution in [0.1, 0.15) is 79.6 Å². The smallest absolute Gasteiger partial charge is 0.0786 e. The van der Waals surface area contributed by atoms with Gasteiger partial charge in [0.05, 0.1) is 32.1 Å². The third kappa shape index (κ3) is 12.9. The Kier molecular flexibility index (Phi) is 16.1. The first-order valence-electron chi connectivity index (χ1n) is 9.11. The van der Waals surface area contributed by atoms with Crippen LogP contribution in [0.5, 0.6) is 0 Å². The van der Waals surface area contributed by atoms with Gasteiger partial charge in [0, 0.05) is 0 Å². The van der Waals surface area contributed by atoms with Crippen molar-refractivity contribution in [2.45, 2.75) is 79.6 Å². The number of unbranched alkanes of at least 4 members (excludes halogenated alkanes) is 3. The summed E-state index contributed by atoms with van der Waals surface area (Å²) in [5.41, 5.74) is 0.0648. The molecule has 0 aliphatic heterocycles. The lowest BCUT2D eigenvalue weighted by atomic mass is 10.1. The zero-order valence-electron chi connectivity index (χ0n) is 15.7. The molecule has 0 amide bonds. The van der Waals surface area contributed by atoms with Gasteiger partial charge in [-0.15, -0.1) is 0 Å². The summed E-state index contributed by atoms with van der Waals surface area (Å²) in [7, 11) is 0. The van der Waals surface area contributed by atoms with E-state index >= 15 is 0 Å². The van der Waals surface area contributed by atoms with Crippen LogP contribution >= 0.6 is 0 Å². The molecule has 3 nitrogen and oxygen atoms in total. The summed E-state index contributed by atoms with van der Waals surface area (Å²) < 4.78 is 1.41. The van der Waals surface area contributed by atoms with Crippen LogP contribution < -0.4 is 5.11 Å². The second-order valence-corrected chi connectivity index (χ2v) is 6.36. The molecule has 0 aromatic carbocycles. The standard InChI is InChI=1S/C15H34N.C4H6O2/c1-5-9-13-16(12-8-4,14-10-6-2)15-11-7-3;1-3(2)4(5)6/h5-15H2,1-4H3;1H2,2H3,(H,5,6)/q+1;/p-1. The van der Waals surface area contributed by atoms with E-state index in [1.807, 2.05) is 0 Å². The Hall–Kier alpha value is -0.830. The normalized spacial score (nSPS) is 10.8. The number of carboxylic acids is 1. The molecule has 0 spiro atoms. The fraction of sp³-hybridized carbons (Fsp3) is 0.842. The topological polar surface area (TPSA) is 40.1 Å². The van der Waals surface area contributed by atoms with Crippen molar-refractivity contribution in [3.63, 3.8) is 0 Å². The summed E-state index contributed by atoms with van der Waals surface area (Å²) in [6, 6.07) is 0. The Labute approximate surface area is 139 Å². The first-order valence-corrected chi connectivity index (χ1v) is 9.11. The molecule has 0 N–H and O–H groups in total. The van der Waals surface area contributed by atoms with Gasteiger partial charge in [-0.25, -0.2) is 0 Å². The predicted octanol–water partition coefficient (Wildman–Crippen LogP) is 3.93. The maximum Gasteiger partial charge on any atom is 0.0786 e. The van der Waals surface area contributed by atoms with Crippen molar-refractivity contribution >= 4 is 5.97 Å². The molecule has 0 unspecified atom stereocenters. The SMILES string of the molecule is C=C(C)C(=O)[O-].CCCC[N+](CCC)(CCCC)CCCC. The van der Waals surface area contributed by atoms with Crippen molar-refractivity contribution < 1.29 is 14.4 Å². The molecule has 0 aliphatic rings. The molecule has 0 aliphatic carbocycles. The first kappa shape index (κ1) is 23.4. The van der Waals surface area contributed by atoms with Gasteiger partial charge in [-0.05, 0) is 38.2 Å². The number of hydrogen-bond donors (Lipinski definition) is 0. The summed E-state index contributed by atoms with van der Waals surface area (Å²) in [4.78, 5) is 9.49. The molecule has 0 saturated carbocycles. The molecule has 132 valence electrons. The zero-order chi connectivity index (χ0) is 17.4. The molecule has 0 atom stereocenters. The molecule has 0 rings (SSSR count). The first-order chi connectivity index (χ1) is 10.4. The van der Waals surface area contributed by atoms with Gasteiger partial charge in [-0.2, -0.15) is 0 Å². The third-order valence-corrected chi connectivity index (χ3v) is 4.00. The van der Waals surface area contributed by atoms with Crippen molar-refractivity contribution in [2.24, 2.45) is 0 Å². The van der Waals surface area contributed by atoms with Crippen molar-refractivity contribution in [2.75, 3.05) is 26.2 Å². The highest BCUT2D eigenvalue weighted by Crippen LogP contribution is 2.15. The number of hydrogen-bond acceptors (Lipinski definition) is 2. The summed E-state index contributed by atoms with van der Waals surface area (Å²) in [5.74, 6) is -1.19. The quantitative estimate of drug-likeness (QED) is 0.404. The Bertz CT molecular complexity index is 253. The fourth-order valence-electron chi connectivity index (χ4n) is 2.63. The Morgan fingerprint density at radius 1 is 0.818 bits per heavy atom. The molecule has 0 aromatic rings. The van der Waals surface area contributed by atoms with E-state index in [1.165, 1.54) is 82.5 Å². The second-order valence-electron chi connectivity index (χ2n) is 6.36. The number of carbonyl (C=O) groups is 1. The molecule has 0 bridgehead atoms. The fourth-order valence-corrected chi connectivity index (χ4v) is 2.63. The van der Waals surface area contributed by atoms with Gasteiger partial charge < -0.3 is 14.4 Å². The molecule has 22 heavy (non-hydrogen) atoms. The highest BCUT2D eigenvalue weighted by molar-refractivity contribution is 5.82. The van der Waals surface area contributed by atoms with E-state index in [9.17, 15) is 9.90 Å². The van der Waals surface area contributed by atoms with Crippen molar-refractivity contribution in [1.29, 1.82) is 0 Å². The summed E-state index contributed by atoms with van der Waals surface area (Å²) in [6.07, 6.45) is 9.62. The zero-order valence-corrected chi connectivity index (χ0v) is 15.7. The van der Waals surface area contributed by atoms with E-state index < -0.39 is 5.97 Å². The van der Waals surface area contributed by atoms with E-state index in [4.69, 9.17) is 0 Å². The number of quaternary nitrogens is 1. The minimum Gasteiger partial charge on any atom is -0.545 e. The monoisotopic (exact) mass is 313 g/mol. The highest BCUT2D eigenvalue weighted by atomic mass is 16.4. The summed E-state index contributed by atoms with van der Waals surface area (Å²) >= 11 is 0. The number of carbonyl (C=O) groups excluding carboxylic acids is 1. The molecule has 0 heterocycles. The van der Waals surface area contributed by atoms with Gasteiger partial charge >= 0.3 is 0 Å². The number of carboxylic acid groups (broad SMARTS) is 1. The van der Waals surface area contributed by atoms with Crippen LogP contribution in [0.4, 0.5) is 0 Å². The maximum atomic E-state index is 9.49. The van der Waals surface area contributed by atoms with Crippen molar-refractivity contribution in [3.05, 3.63) is 12.2 Å². The van der Waals surface area contributed by atoms with Gasteiger partial charge in [0.25, 0.3) is 0 Å². The maximum absolute atomic E-state index is 9.49. The second kappa shape index (κ2) is 15.1. The van der Waals surface area contributed by atoms with Crippen LogP contribution in [0.15, 0.2) is 12.2 Å². The molecule has 3 heteroatoms. The van der Waals surface area contributed by atoms with Crippen LogP contribution in [0.2, 0.25) is 0 Å². The van der Waals surface area contributed by atoms with Crippen LogP contribution in [-0.4, -0.2) is 36.6 Å². The van der Waals surface area contributed by atoms with Crippen LogP contribution in [0.25, 0.3) is 0 Å². The van der Waals surface area contributed by atoms with E-state index in [-0.39, 0.29) is 5.57 Å². The third-order valence-electron chi connectivity index (χ3n) is 4.00. The van der Waals surface area contributed by atoms with Crippen LogP contribution in [-0.2, 0) is 4.79 Å². The molecule has 0 radical (unpaired) electrons. The van der Waals surface area contributed by atoms with E-state index in [0.717, 1.165) is 0 Å². The van der Waals surface area contributed by atoms with E-state index in [0.29, 0.717) is 0 Å². The largest absolute Gasteiger partial charge is 0.545 e. The summed E-state index contributed by atoms with van der Waals surface area (Å²) in [6.45, 7) is 19.4. The lowest BCUT2D eigenvalue weighted by Crippen LogP contribution is -2.50. The average Bonchev–Trinajstić information content (AvgIpc) is 2.49. The predicted molar refractivity (Wildman–Crippen MR) is 94.6 cm³/mol. The Morgan fingerprint density at radius 3 is 1.32 bits per heavy atom. The van der Waals surface area contributed by atoms with Gasteiger partial charge in [-0.1, -0.05) is 53.5 Å². The lowest BCUT2D eigenvalue weighted by molar-refractivity contribution is -0.928. The van der Waals surface area contributed by atoms with Crippen LogP contribution in [0, 0.1) is 0 Å². The van der Waals surface area contributed by atoms with Gasteiger partial charge in [0.2, 0.25) is 0 Å². The van der Waals surface area contributed by atoms with Gasteiger partial charge in [0.15, 0.2) is 0 Å². The minimum absolute atomic E-state index is 0.0648. The van der Waals surface area contributed by atoms with Gasteiger partial charge in [0.1, 0.15) is 0 Å². The van der Waals surface area contributed by atoms with E-state index in [2.05, 4.69) is 34.3 Å². The number of aliphatic carboxylic acids is 1. The molecular formula is C19H39NO2. The minimum atomic E-state index is -1.19. The number of nitrogens with zero attached hydrogens (tertiary/aromatic N) is 1. The van der Waals surface area contributed by atoms with Crippen molar-refractivity contribution in [1.82, 2.24) is 0 Å². The average molecular weight is 314 g/mol. The van der Waals surface area contributed by atoms with Gasteiger partial charge in [-0.3, -0.25) is 0 Å². The summed E-state index contributed by atoms with van der Waals surface area (Å²) in [5, 5.41) is 9.49. The lowest BCUT2D eigenvalue weighted by Gasteiger charge is -2.39. The Morgan fingerprint density at radius 2 is 1.14 bits per heavy atom. The molecule has 0 aromatic heterocycles. The highest BCUT2D eigenvalue weighted by Gasteiger charge is 2.24. The molecular weight excluding hydrogens is 274 g/mol.